The molecule has 0 aliphatic rings. The summed E-state index contributed by atoms with van der Waals surface area (Å²) in [6, 6.07) is 5.34. The van der Waals surface area contributed by atoms with Crippen molar-refractivity contribution in [2.24, 2.45) is 5.14 Å². The molecule has 11 heteroatoms. The number of carbonyl (C=O) groups is 1. The van der Waals surface area contributed by atoms with Crippen LogP contribution in [0.15, 0.2) is 34.1 Å². The van der Waals surface area contributed by atoms with Crippen molar-refractivity contribution in [1.29, 1.82) is 0 Å². The number of primary sulfonamides is 1. The third-order valence-electron chi connectivity index (χ3n) is 3.02. The Morgan fingerprint density at radius 2 is 1.64 bits per heavy atom. The zero-order chi connectivity index (χ0) is 18.9. The van der Waals surface area contributed by atoms with Gasteiger partial charge in [-0.25, -0.2) is 35.9 Å². The summed E-state index contributed by atoms with van der Waals surface area (Å²) in [7, 11) is -5.01. The highest BCUT2D eigenvalue weighted by Gasteiger charge is 2.31. The molecule has 3 N–H and O–H groups in total. The van der Waals surface area contributed by atoms with Crippen LogP contribution in [0.4, 0.5) is 17.6 Å². The van der Waals surface area contributed by atoms with Gasteiger partial charge in [-0.3, -0.25) is 0 Å². The minimum Gasteiger partial charge on any atom is -0.478 e. The van der Waals surface area contributed by atoms with Gasteiger partial charge in [-0.05, 0) is 17.7 Å². The van der Waals surface area contributed by atoms with Crippen LogP contribution < -0.4 is 5.14 Å². The molecule has 0 heterocycles. The van der Waals surface area contributed by atoms with Crippen molar-refractivity contribution in [2.45, 2.75) is 15.5 Å². The monoisotopic (exact) mass is 395 g/mol. The molecule has 2 aromatic carbocycles. The molecule has 0 atom stereocenters. The topological polar surface area (TPSA) is 97.5 Å². The van der Waals surface area contributed by atoms with Crippen molar-refractivity contribution >= 4 is 27.8 Å². The Hall–Kier alpha value is -2.11. The lowest BCUT2D eigenvalue weighted by Crippen LogP contribution is -2.19. The molecule has 0 amide bonds. The molecule has 5 nitrogen and oxygen atoms in total. The van der Waals surface area contributed by atoms with Crippen LogP contribution in [0.3, 0.4) is 0 Å². The van der Waals surface area contributed by atoms with Gasteiger partial charge in [0.25, 0.3) is 0 Å². The highest BCUT2D eigenvalue weighted by atomic mass is 32.2. The summed E-state index contributed by atoms with van der Waals surface area (Å²) in [5.74, 6) is -9.49. The third kappa shape index (κ3) is 3.94. The second-order valence-electron chi connectivity index (χ2n) is 4.75. The van der Waals surface area contributed by atoms with Gasteiger partial charge in [-0.15, -0.1) is 11.8 Å². The zero-order valence-electron chi connectivity index (χ0n) is 12.1. The summed E-state index contributed by atoms with van der Waals surface area (Å²) in [5.41, 5.74) is 0.237. The van der Waals surface area contributed by atoms with Crippen LogP contribution in [0, 0.1) is 23.3 Å². The maximum atomic E-state index is 13.9. The summed E-state index contributed by atoms with van der Waals surface area (Å²) in [6.45, 7) is 0. The molecule has 0 saturated heterocycles. The Bertz CT molecular complexity index is 935. The first-order valence-electron chi connectivity index (χ1n) is 6.37. The summed E-state index contributed by atoms with van der Waals surface area (Å²) >= 11 is 0.336. The second kappa shape index (κ2) is 7.02. The predicted octanol–water partition coefficient (Wildman–Crippen LogP) is 2.88. The lowest BCUT2D eigenvalue weighted by Gasteiger charge is -2.10. The molecule has 0 unspecified atom stereocenters. The first-order chi connectivity index (χ1) is 11.5. The number of carboxylic acids is 1. The molecule has 0 aromatic heterocycles. The first-order valence-corrected chi connectivity index (χ1v) is 8.91. The van der Waals surface area contributed by atoms with Crippen molar-refractivity contribution in [3.8, 4) is 0 Å². The highest BCUT2D eigenvalue weighted by Crippen LogP contribution is 2.34. The first kappa shape index (κ1) is 19.2. The van der Waals surface area contributed by atoms with Gasteiger partial charge < -0.3 is 5.11 Å². The van der Waals surface area contributed by atoms with Crippen molar-refractivity contribution in [2.75, 3.05) is 0 Å². The van der Waals surface area contributed by atoms with Gasteiger partial charge >= 0.3 is 5.97 Å². The molecular formula is C14H9F4NO4S2. The van der Waals surface area contributed by atoms with E-state index in [1.165, 1.54) is 24.3 Å². The smallest absolute Gasteiger partial charge is 0.335 e. The van der Waals surface area contributed by atoms with Gasteiger partial charge in [0.15, 0.2) is 28.2 Å². The summed E-state index contributed by atoms with van der Waals surface area (Å²) in [5, 5.41) is 13.4. The van der Waals surface area contributed by atoms with Gasteiger partial charge in [-0.1, -0.05) is 12.1 Å². The molecule has 25 heavy (non-hydrogen) atoms. The Morgan fingerprint density at radius 1 is 1.08 bits per heavy atom. The summed E-state index contributed by atoms with van der Waals surface area (Å²) < 4.78 is 77.5. The van der Waals surface area contributed by atoms with Crippen molar-refractivity contribution < 1.29 is 35.9 Å². The number of benzene rings is 2. The van der Waals surface area contributed by atoms with Crippen LogP contribution in [0.1, 0.15) is 15.9 Å². The molecule has 0 fully saturated rings. The summed E-state index contributed by atoms with van der Waals surface area (Å²) in [6.07, 6.45) is 0. The van der Waals surface area contributed by atoms with E-state index in [1.807, 2.05) is 0 Å². The SMILES string of the molecule is NS(=O)(=O)c1c(F)c(F)c(SCc2cccc(C(=O)O)c2)c(F)c1F. The van der Waals surface area contributed by atoms with Crippen LogP contribution in [0.5, 0.6) is 0 Å². The van der Waals surface area contributed by atoms with Crippen LogP contribution >= 0.6 is 11.8 Å². The molecule has 0 spiro atoms. The maximum absolute atomic E-state index is 13.9. The van der Waals surface area contributed by atoms with E-state index < -0.39 is 49.1 Å². The van der Waals surface area contributed by atoms with Gasteiger partial charge in [0, 0.05) is 5.75 Å². The third-order valence-corrected chi connectivity index (χ3v) is 5.08. The minimum absolute atomic E-state index is 0.0824. The van der Waals surface area contributed by atoms with Crippen LogP contribution in [0.25, 0.3) is 0 Å². The molecular weight excluding hydrogens is 386 g/mol. The van der Waals surface area contributed by atoms with E-state index in [9.17, 15) is 30.8 Å². The number of halogens is 4. The van der Waals surface area contributed by atoms with E-state index in [4.69, 9.17) is 5.11 Å². The van der Waals surface area contributed by atoms with Crippen LogP contribution in [0.2, 0.25) is 0 Å². The quantitative estimate of drug-likeness (QED) is 0.461. The zero-order valence-corrected chi connectivity index (χ0v) is 13.7. The Morgan fingerprint density at radius 3 is 2.12 bits per heavy atom. The van der Waals surface area contributed by atoms with E-state index >= 15 is 0 Å². The molecule has 0 bridgehead atoms. The van der Waals surface area contributed by atoms with E-state index in [1.54, 1.807) is 0 Å². The van der Waals surface area contributed by atoms with Gasteiger partial charge in [0.2, 0.25) is 10.0 Å². The fraction of sp³-hybridized carbons (Fsp3) is 0.0714. The largest absolute Gasteiger partial charge is 0.478 e. The fourth-order valence-electron chi connectivity index (χ4n) is 1.92. The fourth-order valence-corrected chi connectivity index (χ4v) is 3.52. The Labute approximate surface area is 143 Å². The standard InChI is InChI=1S/C14H9F4NO4S2/c15-8-10(17)13(25(19,22)23)11(18)9(16)12(8)24-5-6-2-1-3-7(4-6)14(20)21/h1-4H,5H2,(H,20,21)(H2,19,22,23). The van der Waals surface area contributed by atoms with E-state index in [0.29, 0.717) is 17.3 Å². The summed E-state index contributed by atoms with van der Waals surface area (Å²) in [4.78, 5) is 7.89. The Balaban J connectivity index is 2.42. The number of hydrogen-bond donors (Lipinski definition) is 2. The molecule has 134 valence electrons. The minimum atomic E-state index is -5.01. The Kier molecular flexibility index (Phi) is 5.40. The molecule has 0 radical (unpaired) electrons. The number of thioether (sulfide) groups is 1. The number of sulfonamides is 1. The van der Waals surface area contributed by atoms with Gasteiger partial charge in [0.05, 0.1) is 10.5 Å². The van der Waals surface area contributed by atoms with E-state index in [0.717, 1.165) is 0 Å². The molecule has 2 rings (SSSR count). The average molecular weight is 395 g/mol. The number of aromatic carboxylic acids is 1. The lowest BCUT2D eigenvalue weighted by atomic mass is 10.1. The second-order valence-corrected chi connectivity index (χ2v) is 7.24. The molecule has 0 aliphatic carbocycles. The van der Waals surface area contributed by atoms with Gasteiger partial charge in [-0.2, -0.15) is 0 Å². The lowest BCUT2D eigenvalue weighted by molar-refractivity contribution is 0.0696. The van der Waals surface area contributed by atoms with Gasteiger partial charge in [0.1, 0.15) is 0 Å². The maximum Gasteiger partial charge on any atom is 0.335 e. The molecule has 0 saturated carbocycles. The number of hydrogen-bond acceptors (Lipinski definition) is 4. The molecule has 2 aromatic rings. The predicted molar refractivity (Wildman–Crippen MR) is 80.6 cm³/mol. The normalized spacial score (nSPS) is 11.6. The average Bonchev–Trinajstić information content (AvgIpc) is 2.52. The van der Waals surface area contributed by atoms with E-state index in [-0.39, 0.29) is 11.3 Å². The number of carboxylic acid groups (broad SMARTS) is 1. The van der Waals surface area contributed by atoms with Crippen molar-refractivity contribution in [3.63, 3.8) is 0 Å². The van der Waals surface area contributed by atoms with Crippen LogP contribution in [-0.4, -0.2) is 19.5 Å². The van der Waals surface area contributed by atoms with E-state index in [2.05, 4.69) is 5.14 Å². The molecule has 0 aliphatic heterocycles. The van der Waals surface area contributed by atoms with Crippen molar-refractivity contribution in [3.05, 3.63) is 58.7 Å². The van der Waals surface area contributed by atoms with Crippen molar-refractivity contribution in [1.82, 2.24) is 0 Å². The van der Waals surface area contributed by atoms with Crippen LogP contribution in [-0.2, 0) is 15.8 Å². The highest BCUT2D eigenvalue weighted by molar-refractivity contribution is 7.98. The number of nitrogens with two attached hydrogens (primary N) is 1. The number of rotatable bonds is 5.